The normalized spacial score (nSPS) is 13.0. The highest BCUT2D eigenvalue weighted by molar-refractivity contribution is 7.14. The largest absolute Gasteiger partial charge is 0.377 e. The maximum absolute atomic E-state index is 5.16. The van der Waals surface area contributed by atoms with E-state index < -0.39 is 0 Å². The van der Waals surface area contributed by atoms with E-state index in [4.69, 9.17) is 4.74 Å². The lowest BCUT2D eigenvalue weighted by Crippen LogP contribution is -2.11. The van der Waals surface area contributed by atoms with Gasteiger partial charge in [0.15, 0.2) is 11.5 Å². The molecule has 10 heteroatoms. The fourth-order valence-electron chi connectivity index (χ4n) is 2.51. The van der Waals surface area contributed by atoms with Crippen molar-refractivity contribution in [2.75, 3.05) is 12.4 Å². The number of nitrogens with one attached hydrogen (secondary N) is 1. The van der Waals surface area contributed by atoms with Gasteiger partial charge in [0.1, 0.15) is 17.9 Å². The molecule has 0 aliphatic heterocycles. The van der Waals surface area contributed by atoms with E-state index in [0.29, 0.717) is 12.4 Å². The van der Waals surface area contributed by atoms with Crippen molar-refractivity contribution in [2.45, 2.75) is 19.6 Å². The number of hydrogen-bond donors (Lipinski definition) is 1. The first-order valence-electron chi connectivity index (χ1n) is 7.38. The van der Waals surface area contributed by atoms with Gasteiger partial charge in [0.2, 0.25) is 4.96 Å². The predicted octanol–water partition coefficient (Wildman–Crippen LogP) is 1.79. The van der Waals surface area contributed by atoms with Crippen molar-refractivity contribution in [2.24, 2.45) is 7.05 Å². The van der Waals surface area contributed by atoms with Crippen molar-refractivity contribution >= 4 is 33.1 Å². The minimum absolute atomic E-state index is 0.0346. The first-order chi connectivity index (χ1) is 11.7. The van der Waals surface area contributed by atoms with Gasteiger partial charge in [0.25, 0.3) is 0 Å². The number of anilines is 1. The molecular weight excluding hydrogens is 328 g/mol. The molecule has 9 nitrogen and oxygen atoms in total. The molecule has 0 saturated carbocycles. The van der Waals surface area contributed by atoms with Crippen molar-refractivity contribution in [1.29, 1.82) is 0 Å². The molecular formula is C14H16N8OS. The number of imidazole rings is 1. The predicted molar refractivity (Wildman–Crippen MR) is 89.9 cm³/mol. The van der Waals surface area contributed by atoms with Crippen molar-refractivity contribution in [3.63, 3.8) is 0 Å². The number of aryl methyl sites for hydroxylation is 1. The molecule has 0 unspecified atom stereocenters. The summed E-state index contributed by atoms with van der Waals surface area (Å²) >= 11 is 1.50. The molecule has 0 saturated heterocycles. The molecule has 0 aliphatic carbocycles. The lowest BCUT2D eigenvalue weighted by molar-refractivity contribution is 0.178. The van der Waals surface area contributed by atoms with Gasteiger partial charge in [-0.1, -0.05) is 11.3 Å². The van der Waals surface area contributed by atoms with E-state index >= 15 is 0 Å². The maximum Gasteiger partial charge on any atom is 0.212 e. The number of methoxy groups -OCH3 is 1. The maximum atomic E-state index is 5.16. The molecule has 0 radical (unpaired) electrons. The van der Waals surface area contributed by atoms with Crippen LogP contribution in [0.5, 0.6) is 0 Å². The van der Waals surface area contributed by atoms with Crippen LogP contribution >= 0.6 is 11.3 Å². The summed E-state index contributed by atoms with van der Waals surface area (Å²) in [6, 6.07) is -0.0346. The summed E-state index contributed by atoms with van der Waals surface area (Å²) in [4.78, 5) is 14.5. The number of aromatic nitrogens is 7. The van der Waals surface area contributed by atoms with Crippen LogP contribution in [-0.2, 0) is 18.4 Å². The van der Waals surface area contributed by atoms with Gasteiger partial charge in [0, 0.05) is 14.2 Å². The zero-order valence-electron chi connectivity index (χ0n) is 13.5. The van der Waals surface area contributed by atoms with E-state index in [2.05, 4.69) is 30.5 Å². The van der Waals surface area contributed by atoms with E-state index in [-0.39, 0.29) is 6.04 Å². The van der Waals surface area contributed by atoms with Gasteiger partial charge in [-0.2, -0.15) is 10.2 Å². The van der Waals surface area contributed by atoms with Crippen LogP contribution in [0.25, 0.3) is 16.0 Å². The second-order valence-electron chi connectivity index (χ2n) is 5.42. The van der Waals surface area contributed by atoms with Crippen molar-refractivity contribution in [3.8, 4) is 0 Å². The Bertz CT molecular complexity index is 974. The van der Waals surface area contributed by atoms with Gasteiger partial charge in [0.05, 0.1) is 29.5 Å². The molecule has 0 aromatic carbocycles. The number of hydrogen-bond acceptors (Lipinski definition) is 8. The van der Waals surface area contributed by atoms with Gasteiger partial charge in [-0.15, -0.1) is 0 Å². The Morgan fingerprint density at radius 1 is 1.29 bits per heavy atom. The molecule has 1 atom stereocenters. The molecule has 4 rings (SSSR count). The summed E-state index contributed by atoms with van der Waals surface area (Å²) in [5, 5.41) is 12.7. The summed E-state index contributed by atoms with van der Waals surface area (Å²) in [7, 11) is 3.48. The molecule has 0 amide bonds. The minimum Gasteiger partial charge on any atom is -0.377 e. The monoisotopic (exact) mass is 344 g/mol. The summed E-state index contributed by atoms with van der Waals surface area (Å²) in [6.45, 7) is 2.38. The second-order valence-corrected chi connectivity index (χ2v) is 6.24. The van der Waals surface area contributed by atoms with Crippen LogP contribution in [0.4, 0.5) is 5.82 Å². The number of fused-ring (bicyclic) bond motifs is 2. The van der Waals surface area contributed by atoms with E-state index in [0.717, 1.165) is 27.5 Å². The van der Waals surface area contributed by atoms with Crippen LogP contribution in [0, 0.1) is 0 Å². The first kappa shape index (κ1) is 15.0. The molecule has 0 aliphatic rings. The summed E-state index contributed by atoms with van der Waals surface area (Å²) in [5.41, 5.74) is 3.43. The Morgan fingerprint density at radius 3 is 2.96 bits per heavy atom. The SMILES string of the molecule is COCc1nc(N[C@@H](C)c2cn3ncsc3n2)c2cnn(C)c2n1. The fourth-order valence-corrected chi connectivity index (χ4v) is 3.12. The van der Waals surface area contributed by atoms with Crippen molar-refractivity contribution in [1.82, 2.24) is 34.3 Å². The minimum atomic E-state index is -0.0346. The standard InChI is InChI=1S/C14H16N8OS/c1-8(10-5-22-14(18-10)24-7-16-22)17-12-9-4-15-21(2)13(9)20-11(19-12)6-23-3/h4-5,7-8H,6H2,1-3H3,(H,17,19,20)/t8-/m0/s1. The smallest absolute Gasteiger partial charge is 0.212 e. The Balaban J connectivity index is 1.70. The molecule has 0 spiro atoms. The van der Waals surface area contributed by atoms with Crippen LogP contribution in [-0.4, -0.2) is 41.5 Å². The summed E-state index contributed by atoms with van der Waals surface area (Å²) < 4.78 is 8.66. The van der Waals surface area contributed by atoms with Crippen LogP contribution in [0.2, 0.25) is 0 Å². The molecule has 4 heterocycles. The van der Waals surface area contributed by atoms with E-state index in [9.17, 15) is 0 Å². The average molecular weight is 344 g/mol. The third-order valence-electron chi connectivity index (χ3n) is 3.71. The third kappa shape index (κ3) is 2.49. The molecule has 1 N–H and O–H groups in total. The quantitative estimate of drug-likeness (QED) is 0.589. The van der Waals surface area contributed by atoms with E-state index in [1.165, 1.54) is 11.3 Å². The molecule has 0 fully saturated rings. The van der Waals surface area contributed by atoms with Crippen LogP contribution in [0.3, 0.4) is 0 Å². The molecule has 0 bridgehead atoms. The zero-order valence-corrected chi connectivity index (χ0v) is 14.3. The summed E-state index contributed by atoms with van der Waals surface area (Å²) in [6.07, 6.45) is 3.68. The number of nitrogens with zero attached hydrogens (tertiary/aromatic N) is 7. The van der Waals surface area contributed by atoms with Crippen molar-refractivity contribution in [3.05, 3.63) is 29.4 Å². The Kier molecular flexibility index (Phi) is 3.62. The van der Waals surface area contributed by atoms with Gasteiger partial charge in [-0.3, -0.25) is 4.68 Å². The van der Waals surface area contributed by atoms with E-state index in [1.807, 2.05) is 20.2 Å². The van der Waals surface area contributed by atoms with Crippen molar-refractivity contribution < 1.29 is 4.74 Å². The molecule has 24 heavy (non-hydrogen) atoms. The number of rotatable bonds is 5. The zero-order chi connectivity index (χ0) is 16.7. The Hall–Kier alpha value is -2.59. The van der Waals surface area contributed by atoms with Crippen LogP contribution in [0.1, 0.15) is 24.5 Å². The Labute approximate surface area is 141 Å². The lowest BCUT2D eigenvalue weighted by atomic mass is 10.2. The lowest BCUT2D eigenvalue weighted by Gasteiger charge is -2.13. The molecule has 4 aromatic rings. The van der Waals surface area contributed by atoms with Crippen LogP contribution in [0.15, 0.2) is 17.9 Å². The second kappa shape index (κ2) is 5.80. The summed E-state index contributed by atoms with van der Waals surface area (Å²) in [5.74, 6) is 1.33. The third-order valence-corrected chi connectivity index (χ3v) is 4.40. The highest BCUT2D eigenvalue weighted by atomic mass is 32.1. The number of ether oxygens (including phenoxy) is 1. The van der Waals surface area contributed by atoms with Gasteiger partial charge in [-0.25, -0.2) is 19.5 Å². The fraction of sp³-hybridized carbons (Fsp3) is 0.357. The highest BCUT2D eigenvalue weighted by Gasteiger charge is 2.16. The van der Waals surface area contributed by atoms with E-state index in [1.54, 1.807) is 28.0 Å². The average Bonchev–Trinajstić information content (AvgIpc) is 3.23. The highest BCUT2D eigenvalue weighted by Crippen LogP contribution is 2.25. The van der Waals surface area contributed by atoms with Crippen LogP contribution < -0.4 is 5.32 Å². The topological polar surface area (TPSA) is 95.0 Å². The van der Waals surface area contributed by atoms with Gasteiger partial charge < -0.3 is 10.1 Å². The first-order valence-corrected chi connectivity index (χ1v) is 8.26. The van der Waals surface area contributed by atoms with Gasteiger partial charge >= 0.3 is 0 Å². The van der Waals surface area contributed by atoms with Gasteiger partial charge in [-0.05, 0) is 6.92 Å². The Morgan fingerprint density at radius 2 is 2.17 bits per heavy atom. The molecule has 124 valence electrons. The molecule has 4 aromatic heterocycles.